The molecule has 1 aliphatic carbocycles. The number of nitrogens with zero attached hydrogens (tertiary/aromatic N) is 2. The van der Waals surface area contributed by atoms with Crippen molar-refractivity contribution in [3.05, 3.63) is 59.9 Å². The molecule has 4 rings (SSSR count). The molecule has 1 atom stereocenters. The number of rotatable bonds is 4. The maximum Gasteiger partial charge on any atom is 0.260 e. The molecule has 0 saturated heterocycles. The number of hydrogen-bond acceptors (Lipinski definition) is 3. The number of benzene rings is 1. The first-order chi connectivity index (χ1) is 12.7. The van der Waals surface area contributed by atoms with Gasteiger partial charge in [0.2, 0.25) is 5.91 Å². The molecule has 0 bridgehead atoms. The van der Waals surface area contributed by atoms with E-state index in [-0.39, 0.29) is 30.3 Å². The summed E-state index contributed by atoms with van der Waals surface area (Å²) in [5, 5.41) is 3.16. The van der Waals surface area contributed by atoms with Crippen LogP contribution in [0.4, 0.5) is 5.69 Å². The Kier molecular flexibility index (Phi) is 4.69. The van der Waals surface area contributed by atoms with Crippen LogP contribution in [0.15, 0.2) is 48.7 Å². The lowest BCUT2D eigenvalue weighted by Gasteiger charge is -2.27. The van der Waals surface area contributed by atoms with Gasteiger partial charge in [-0.25, -0.2) is 0 Å². The minimum Gasteiger partial charge on any atom is -0.353 e. The Labute approximate surface area is 153 Å². The SMILES string of the molecule is O=C(C[C@H]1c2ncccc2C(=O)N1c1ccccc1)NC1CCCCC1. The third-order valence-corrected chi connectivity index (χ3v) is 5.30. The molecule has 1 aliphatic heterocycles. The van der Waals surface area contributed by atoms with E-state index < -0.39 is 0 Å². The number of anilines is 1. The number of aromatic nitrogens is 1. The molecule has 2 aromatic rings. The number of pyridine rings is 1. The number of hydrogen-bond donors (Lipinski definition) is 1. The first-order valence-electron chi connectivity index (χ1n) is 9.37. The third-order valence-electron chi connectivity index (χ3n) is 5.30. The summed E-state index contributed by atoms with van der Waals surface area (Å²) in [5.41, 5.74) is 2.08. The van der Waals surface area contributed by atoms with Crippen LogP contribution in [-0.4, -0.2) is 22.8 Å². The van der Waals surface area contributed by atoms with E-state index in [1.807, 2.05) is 30.3 Å². The van der Waals surface area contributed by atoms with Crippen molar-refractivity contribution in [2.75, 3.05) is 4.90 Å². The highest BCUT2D eigenvalue weighted by molar-refractivity contribution is 6.11. The van der Waals surface area contributed by atoms with Crippen LogP contribution in [0.5, 0.6) is 0 Å². The van der Waals surface area contributed by atoms with E-state index in [0.717, 1.165) is 18.5 Å². The molecule has 2 heterocycles. The zero-order chi connectivity index (χ0) is 17.9. The first-order valence-corrected chi connectivity index (χ1v) is 9.37. The first kappa shape index (κ1) is 16.8. The van der Waals surface area contributed by atoms with Crippen LogP contribution in [-0.2, 0) is 4.79 Å². The molecule has 26 heavy (non-hydrogen) atoms. The third kappa shape index (κ3) is 3.21. The van der Waals surface area contributed by atoms with E-state index in [2.05, 4.69) is 10.3 Å². The van der Waals surface area contributed by atoms with E-state index in [1.54, 1.807) is 23.2 Å². The molecule has 1 aromatic heterocycles. The molecule has 2 amide bonds. The summed E-state index contributed by atoms with van der Waals surface area (Å²) in [6.45, 7) is 0. The molecule has 134 valence electrons. The minimum absolute atomic E-state index is 0.00543. The quantitative estimate of drug-likeness (QED) is 0.917. The van der Waals surface area contributed by atoms with Crippen molar-refractivity contribution in [1.82, 2.24) is 10.3 Å². The van der Waals surface area contributed by atoms with Crippen molar-refractivity contribution in [2.45, 2.75) is 50.6 Å². The highest BCUT2D eigenvalue weighted by atomic mass is 16.2. The van der Waals surface area contributed by atoms with E-state index in [1.165, 1.54) is 19.3 Å². The standard InChI is InChI=1S/C21H23N3O2/c25-19(23-15-8-3-1-4-9-15)14-18-20-17(12-7-13-22-20)21(26)24(18)16-10-5-2-6-11-16/h2,5-7,10-13,15,18H,1,3-4,8-9,14H2,(H,23,25)/t18-/m0/s1. The predicted octanol–water partition coefficient (Wildman–Crippen LogP) is 3.62. The molecule has 2 aliphatic rings. The van der Waals surface area contributed by atoms with Crippen molar-refractivity contribution in [3.8, 4) is 0 Å². The average molecular weight is 349 g/mol. The van der Waals surface area contributed by atoms with Gasteiger partial charge in [-0.05, 0) is 37.1 Å². The lowest BCUT2D eigenvalue weighted by atomic mass is 9.95. The predicted molar refractivity (Wildman–Crippen MR) is 99.9 cm³/mol. The second kappa shape index (κ2) is 7.28. The van der Waals surface area contributed by atoms with Crippen LogP contribution in [0, 0.1) is 0 Å². The highest BCUT2D eigenvalue weighted by Gasteiger charge is 2.40. The fourth-order valence-corrected chi connectivity index (χ4v) is 4.04. The average Bonchev–Trinajstić information content (AvgIpc) is 2.95. The molecule has 5 nitrogen and oxygen atoms in total. The molecule has 1 N–H and O–H groups in total. The fourth-order valence-electron chi connectivity index (χ4n) is 4.04. The van der Waals surface area contributed by atoms with Gasteiger partial charge in [0.05, 0.1) is 23.7 Å². The highest BCUT2D eigenvalue weighted by Crippen LogP contribution is 2.38. The number of nitrogens with one attached hydrogen (secondary N) is 1. The van der Waals surface area contributed by atoms with Gasteiger partial charge >= 0.3 is 0 Å². The zero-order valence-corrected chi connectivity index (χ0v) is 14.7. The van der Waals surface area contributed by atoms with E-state index in [4.69, 9.17) is 0 Å². The molecular formula is C21H23N3O2. The second-order valence-corrected chi connectivity index (χ2v) is 7.07. The Bertz CT molecular complexity index is 800. The summed E-state index contributed by atoms with van der Waals surface area (Å²) in [7, 11) is 0. The number of carbonyl (C=O) groups excluding carboxylic acids is 2. The normalized spacial score (nSPS) is 20.1. The molecular weight excluding hydrogens is 326 g/mol. The molecule has 0 spiro atoms. The van der Waals surface area contributed by atoms with Crippen LogP contribution in [0.25, 0.3) is 0 Å². The van der Waals surface area contributed by atoms with E-state index >= 15 is 0 Å². The molecule has 1 fully saturated rings. The van der Waals surface area contributed by atoms with Crippen molar-refractivity contribution in [3.63, 3.8) is 0 Å². The van der Waals surface area contributed by atoms with E-state index in [0.29, 0.717) is 11.3 Å². The summed E-state index contributed by atoms with van der Waals surface area (Å²) >= 11 is 0. The van der Waals surface area contributed by atoms with Crippen LogP contribution in [0.3, 0.4) is 0 Å². The molecule has 0 unspecified atom stereocenters. The molecule has 1 saturated carbocycles. The minimum atomic E-state index is -0.357. The van der Waals surface area contributed by atoms with Crippen LogP contribution in [0.1, 0.15) is 60.6 Å². The topological polar surface area (TPSA) is 62.3 Å². The molecule has 5 heteroatoms. The lowest BCUT2D eigenvalue weighted by molar-refractivity contribution is -0.122. The smallest absolute Gasteiger partial charge is 0.260 e. The van der Waals surface area contributed by atoms with Gasteiger partial charge in [-0.2, -0.15) is 0 Å². The van der Waals surface area contributed by atoms with Gasteiger partial charge < -0.3 is 5.32 Å². The second-order valence-electron chi connectivity index (χ2n) is 7.07. The number of carbonyl (C=O) groups is 2. The zero-order valence-electron chi connectivity index (χ0n) is 14.7. The Morgan fingerprint density at radius 3 is 2.62 bits per heavy atom. The van der Waals surface area contributed by atoms with Gasteiger partial charge in [-0.3, -0.25) is 19.5 Å². The largest absolute Gasteiger partial charge is 0.353 e. The van der Waals surface area contributed by atoms with Crippen molar-refractivity contribution in [1.29, 1.82) is 0 Å². The van der Waals surface area contributed by atoms with Gasteiger partial charge in [0.15, 0.2) is 0 Å². The number of para-hydroxylation sites is 1. The van der Waals surface area contributed by atoms with Crippen molar-refractivity contribution < 1.29 is 9.59 Å². The van der Waals surface area contributed by atoms with Crippen LogP contribution < -0.4 is 10.2 Å². The Morgan fingerprint density at radius 2 is 1.85 bits per heavy atom. The summed E-state index contributed by atoms with van der Waals surface area (Å²) in [6, 6.07) is 13.0. The Morgan fingerprint density at radius 1 is 1.08 bits per heavy atom. The number of amides is 2. The maximum absolute atomic E-state index is 12.9. The Balaban J connectivity index is 1.58. The van der Waals surface area contributed by atoms with Crippen LogP contribution in [0.2, 0.25) is 0 Å². The number of fused-ring (bicyclic) bond motifs is 1. The molecule has 0 radical (unpaired) electrons. The monoisotopic (exact) mass is 349 g/mol. The van der Waals surface area contributed by atoms with Gasteiger partial charge in [0, 0.05) is 17.9 Å². The molecule has 1 aromatic carbocycles. The van der Waals surface area contributed by atoms with Crippen molar-refractivity contribution >= 4 is 17.5 Å². The summed E-state index contributed by atoms with van der Waals surface area (Å²) in [4.78, 5) is 31.7. The van der Waals surface area contributed by atoms with E-state index in [9.17, 15) is 9.59 Å². The lowest BCUT2D eigenvalue weighted by Crippen LogP contribution is -2.39. The van der Waals surface area contributed by atoms with Gasteiger partial charge in [0.25, 0.3) is 5.91 Å². The summed E-state index contributed by atoms with van der Waals surface area (Å²) in [6.07, 6.45) is 7.62. The summed E-state index contributed by atoms with van der Waals surface area (Å²) < 4.78 is 0. The maximum atomic E-state index is 12.9. The Hall–Kier alpha value is -2.69. The van der Waals surface area contributed by atoms with Gasteiger partial charge in [0.1, 0.15) is 0 Å². The summed E-state index contributed by atoms with van der Waals surface area (Å²) in [5.74, 6) is -0.0936. The van der Waals surface area contributed by atoms with Crippen LogP contribution >= 0.6 is 0 Å². The van der Waals surface area contributed by atoms with Gasteiger partial charge in [-0.15, -0.1) is 0 Å². The van der Waals surface area contributed by atoms with Crippen molar-refractivity contribution in [2.24, 2.45) is 0 Å². The fraction of sp³-hybridized carbons (Fsp3) is 0.381. The van der Waals surface area contributed by atoms with Gasteiger partial charge in [-0.1, -0.05) is 37.5 Å².